The van der Waals surface area contributed by atoms with Crippen LogP contribution in [0.15, 0.2) is 24.3 Å². The number of hydrogen-bond donors (Lipinski definition) is 1. The zero-order valence-electron chi connectivity index (χ0n) is 9.02. The fraction of sp³-hybridized carbons (Fsp3) is 0.182. The number of aryl methyl sites for hydroxylation is 1. The first-order chi connectivity index (χ1) is 7.74. The molecule has 0 saturated heterocycles. The lowest BCUT2D eigenvalue weighted by atomic mass is 10.0. The summed E-state index contributed by atoms with van der Waals surface area (Å²) < 4.78 is 4.65. The number of rotatable bonds is 2. The van der Waals surface area contributed by atoms with Crippen molar-refractivity contribution in [3.8, 4) is 11.3 Å². The number of ether oxygens (including phenoxy) is 1. The van der Waals surface area contributed by atoms with Gasteiger partial charge in [-0.25, -0.2) is 4.79 Å². The number of aromatic amines is 1. The van der Waals surface area contributed by atoms with E-state index in [0.29, 0.717) is 5.69 Å². The van der Waals surface area contributed by atoms with Gasteiger partial charge in [-0.3, -0.25) is 5.10 Å². The van der Waals surface area contributed by atoms with Crippen LogP contribution in [0.25, 0.3) is 11.3 Å². The first-order valence-corrected chi connectivity index (χ1v) is 4.79. The molecule has 0 aliphatic carbocycles. The molecule has 0 saturated carbocycles. The monoisotopic (exact) mass is 217 g/mol. The van der Waals surface area contributed by atoms with Crippen molar-refractivity contribution in [1.82, 2.24) is 15.4 Å². The quantitative estimate of drug-likeness (QED) is 0.775. The first kappa shape index (κ1) is 10.4. The van der Waals surface area contributed by atoms with E-state index in [1.165, 1.54) is 7.11 Å². The Bertz CT molecular complexity index is 519. The molecule has 0 amide bonds. The second-order valence-electron chi connectivity index (χ2n) is 3.34. The normalized spacial score (nSPS) is 10.1. The van der Waals surface area contributed by atoms with Gasteiger partial charge in [0.05, 0.1) is 7.11 Å². The molecule has 0 atom stereocenters. The van der Waals surface area contributed by atoms with Crippen LogP contribution in [-0.2, 0) is 4.74 Å². The summed E-state index contributed by atoms with van der Waals surface area (Å²) in [6, 6.07) is 7.65. The average molecular weight is 217 g/mol. The third-order valence-electron chi connectivity index (χ3n) is 2.34. The van der Waals surface area contributed by atoms with Crippen LogP contribution in [0.4, 0.5) is 0 Å². The molecule has 0 radical (unpaired) electrons. The lowest BCUT2D eigenvalue weighted by Crippen LogP contribution is -2.04. The van der Waals surface area contributed by atoms with Crippen molar-refractivity contribution >= 4 is 5.97 Å². The maximum Gasteiger partial charge on any atom is 0.358 e. The van der Waals surface area contributed by atoms with E-state index in [9.17, 15) is 4.79 Å². The molecule has 2 rings (SSSR count). The molecule has 1 aromatic heterocycles. The number of benzene rings is 1. The minimum absolute atomic E-state index is 0.275. The van der Waals surface area contributed by atoms with Crippen LogP contribution >= 0.6 is 0 Å². The largest absolute Gasteiger partial charge is 0.464 e. The Morgan fingerprint density at radius 3 is 2.81 bits per heavy atom. The second-order valence-corrected chi connectivity index (χ2v) is 3.34. The van der Waals surface area contributed by atoms with Crippen LogP contribution in [0.5, 0.6) is 0 Å². The zero-order valence-corrected chi connectivity index (χ0v) is 9.02. The van der Waals surface area contributed by atoms with Gasteiger partial charge in [0.25, 0.3) is 0 Å². The molecule has 0 unspecified atom stereocenters. The molecule has 5 nitrogen and oxygen atoms in total. The molecule has 2 aromatic rings. The summed E-state index contributed by atoms with van der Waals surface area (Å²) in [5.74, 6) is -0.469. The highest BCUT2D eigenvalue weighted by Gasteiger charge is 2.18. The number of carbonyl (C=O) groups is 1. The van der Waals surface area contributed by atoms with Crippen LogP contribution in [0.2, 0.25) is 0 Å². The van der Waals surface area contributed by atoms with Gasteiger partial charge in [-0.1, -0.05) is 29.5 Å². The lowest BCUT2D eigenvalue weighted by Gasteiger charge is -2.03. The van der Waals surface area contributed by atoms with E-state index in [1.54, 1.807) is 0 Å². The van der Waals surface area contributed by atoms with E-state index >= 15 is 0 Å². The van der Waals surface area contributed by atoms with Gasteiger partial charge in [0, 0.05) is 5.56 Å². The number of H-pyrrole nitrogens is 1. The number of nitrogens with zero attached hydrogens (tertiary/aromatic N) is 2. The number of aromatic nitrogens is 3. The molecule has 16 heavy (non-hydrogen) atoms. The van der Waals surface area contributed by atoms with Crippen molar-refractivity contribution in [2.45, 2.75) is 6.92 Å². The molecule has 0 fully saturated rings. The molecule has 5 heteroatoms. The standard InChI is InChI=1S/C11H11N3O2/c1-7-5-3-4-6-8(7)9-10(11(15)16-2)13-14-12-9/h3-6H,1-2H3,(H,12,13,14). The summed E-state index contributed by atoms with van der Waals surface area (Å²) in [4.78, 5) is 11.4. The van der Waals surface area contributed by atoms with Crippen molar-refractivity contribution in [3.63, 3.8) is 0 Å². The molecule has 0 aliphatic rings. The summed E-state index contributed by atoms with van der Waals surface area (Å²) in [5, 5.41) is 10.1. The minimum atomic E-state index is -0.469. The van der Waals surface area contributed by atoms with Crippen LogP contribution in [0, 0.1) is 6.92 Å². The average Bonchev–Trinajstić information content (AvgIpc) is 2.77. The number of nitrogens with one attached hydrogen (secondary N) is 1. The van der Waals surface area contributed by atoms with E-state index in [2.05, 4.69) is 20.1 Å². The predicted molar refractivity (Wildman–Crippen MR) is 57.9 cm³/mol. The molecule has 1 N–H and O–H groups in total. The molecule has 0 spiro atoms. The Morgan fingerprint density at radius 1 is 1.38 bits per heavy atom. The summed E-state index contributed by atoms with van der Waals surface area (Å²) in [7, 11) is 1.32. The Kier molecular flexibility index (Phi) is 2.68. The van der Waals surface area contributed by atoms with Crippen molar-refractivity contribution in [1.29, 1.82) is 0 Å². The van der Waals surface area contributed by atoms with Gasteiger partial charge < -0.3 is 4.74 Å². The lowest BCUT2D eigenvalue weighted by molar-refractivity contribution is 0.0595. The van der Waals surface area contributed by atoms with Gasteiger partial charge in [0.1, 0.15) is 5.69 Å². The SMILES string of the molecule is COC(=O)c1[nH]nnc1-c1ccccc1C. The van der Waals surface area contributed by atoms with Gasteiger partial charge in [-0.05, 0) is 12.5 Å². The smallest absolute Gasteiger partial charge is 0.358 e. The van der Waals surface area contributed by atoms with Crippen LogP contribution in [0.1, 0.15) is 16.1 Å². The maximum atomic E-state index is 11.4. The van der Waals surface area contributed by atoms with E-state index in [4.69, 9.17) is 0 Å². The molecule has 1 heterocycles. The van der Waals surface area contributed by atoms with E-state index < -0.39 is 5.97 Å². The summed E-state index contributed by atoms with van der Waals surface area (Å²) in [6.07, 6.45) is 0. The second kappa shape index (κ2) is 4.14. The highest BCUT2D eigenvalue weighted by molar-refractivity contribution is 5.94. The number of esters is 1. The van der Waals surface area contributed by atoms with Gasteiger partial charge in [0.15, 0.2) is 5.69 Å². The molecule has 1 aromatic carbocycles. The molecular weight excluding hydrogens is 206 g/mol. The minimum Gasteiger partial charge on any atom is -0.464 e. The van der Waals surface area contributed by atoms with Crippen molar-refractivity contribution in [3.05, 3.63) is 35.5 Å². The van der Waals surface area contributed by atoms with Gasteiger partial charge in [-0.15, -0.1) is 5.10 Å². The van der Waals surface area contributed by atoms with Crippen LogP contribution in [-0.4, -0.2) is 28.5 Å². The number of carbonyl (C=O) groups excluding carboxylic acids is 1. The number of hydrogen-bond acceptors (Lipinski definition) is 4. The third-order valence-corrected chi connectivity index (χ3v) is 2.34. The Labute approximate surface area is 92.4 Å². The molecule has 82 valence electrons. The third kappa shape index (κ3) is 1.67. The number of methoxy groups -OCH3 is 1. The van der Waals surface area contributed by atoms with Gasteiger partial charge in [0.2, 0.25) is 0 Å². The van der Waals surface area contributed by atoms with Crippen LogP contribution < -0.4 is 0 Å². The highest BCUT2D eigenvalue weighted by atomic mass is 16.5. The molecule has 0 bridgehead atoms. The predicted octanol–water partition coefficient (Wildman–Crippen LogP) is 1.57. The van der Waals surface area contributed by atoms with E-state index in [0.717, 1.165) is 11.1 Å². The summed E-state index contributed by atoms with van der Waals surface area (Å²) in [6.45, 7) is 1.95. The Hall–Kier alpha value is -2.17. The van der Waals surface area contributed by atoms with E-state index in [1.807, 2.05) is 31.2 Å². The maximum absolute atomic E-state index is 11.4. The Morgan fingerprint density at radius 2 is 2.12 bits per heavy atom. The Balaban J connectivity index is 2.53. The fourth-order valence-corrected chi connectivity index (χ4v) is 1.50. The molecular formula is C11H11N3O2. The summed E-state index contributed by atoms with van der Waals surface area (Å²) >= 11 is 0. The summed E-state index contributed by atoms with van der Waals surface area (Å²) in [5.41, 5.74) is 2.69. The first-order valence-electron chi connectivity index (χ1n) is 4.79. The van der Waals surface area contributed by atoms with Gasteiger partial charge >= 0.3 is 5.97 Å². The van der Waals surface area contributed by atoms with Crippen molar-refractivity contribution in [2.75, 3.05) is 7.11 Å². The highest BCUT2D eigenvalue weighted by Crippen LogP contribution is 2.23. The van der Waals surface area contributed by atoms with Crippen molar-refractivity contribution in [2.24, 2.45) is 0 Å². The fourth-order valence-electron chi connectivity index (χ4n) is 1.50. The topological polar surface area (TPSA) is 67.9 Å². The van der Waals surface area contributed by atoms with Gasteiger partial charge in [-0.2, -0.15) is 0 Å². The van der Waals surface area contributed by atoms with E-state index in [-0.39, 0.29) is 5.69 Å². The van der Waals surface area contributed by atoms with Crippen LogP contribution in [0.3, 0.4) is 0 Å². The molecule has 0 aliphatic heterocycles. The van der Waals surface area contributed by atoms with Crippen molar-refractivity contribution < 1.29 is 9.53 Å². The zero-order chi connectivity index (χ0) is 11.5.